The van der Waals surface area contributed by atoms with Gasteiger partial charge in [0.15, 0.2) is 0 Å². The molecule has 52 heavy (non-hydrogen) atoms. The minimum Gasteiger partial charge on any atom is -0.369 e. The van der Waals surface area contributed by atoms with E-state index in [1.165, 1.54) is 12.1 Å². The molecule has 10 heteroatoms. The maximum Gasteiger partial charge on any atom is 0.416 e. The van der Waals surface area contributed by atoms with E-state index in [1.54, 1.807) is 11.0 Å². The van der Waals surface area contributed by atoms with Gasteiger partial charge < -0.3 is 20.9 Å². The molecule has 4 aromatic carbocycles. The average Bonchev–Trinajstić information content (AvgIpc) is 3.63. The van der Waals surface area contributed by atoms with E-state index in [9.17, 15) is 27.6 Å². The molecule has 1 aliphatic heterocycles. The van der Waals surface area contributed by atoms with Crippen LogP contribution in [0.4, 0.5) is 30.2 Å². The summed E-state index contributed by atoms with van der Waals surface area (Å²) in [5, 5.41) is 3.08. The lowest BCUT2D eigenvalue weighted by molar-refractivity contribution is -0.137. The normalized spacial score (nSPS) is 17.6. The first-order chi connectivity index (χ1) is 25.0. The predicted molar refractivity (Wildman–Crippen MR) is 197 cm³/mol. The number of carbonyl (C=O) groups excluding carboxylic acids is 3. The largest absolute Gasteiger partial charge is 0.416 e. The Labute approximate surface area is 302 Å². The zero-order valence-electron chi connectivity index (χ0n) is 28.9. The number of hydrogen-bond donors (Lipinski definition) is 2. The second-order valence-electron chi connectivity index (χ2n) is 13.7. The quantitative estimate of drug-likeness (QED) is 0.145. The van der Waals surface area contributed by atoms with Crippen molar-refractivity contribution < 1.29 is 27.6 Å². The fraction of sp³-hybridized carbons (Fsp3) is 0.310. The molecule has 1 fully saturated rings. The molecule has 1 aliphatic carbocycles. The Morgan fingerprint density at radius 1 is 0.865 bits per heavy atom. The molecule has 0 saturated heterocycles. The average molecular weight is 709 g/mol. The number of allylic oxidation sites excluding steroid dienone is 1. The maximum atomic E-state index is 14.8. The number of amides is 3. The van der Waals surface area contributed by atoms with Crippen LogP contribution in [0.5, 0.6) is 0 Å². The van der Waals surface area contributed by atoms with E-state index in [0.717, 1.165) is 54.8 Å². The standard InChI is InChI=1S/C42H43F3N4O3/c1-2-11-34(39(46)50)35(25-28-12-6-7-13-28)40(51)47-36-27-48(33-16-4-3-5-17-33)37-18-8-9-19-38(37)49(41(36)52)26-29-14-10-15-31(24-29)30-20-22-32(23-21-30)42(43,44)45/h2-5,8-10,14-24,28,34-36H,1,6-7,11-13,25-27H2,(H2,46,50)(H,47,51). The van der Waals surface area contributed by atoms with Gasteiger partial charge in [0, 0.05) is 5.69 Å². The van der Waals surface area contributed by atoms with E-state index < -0.39 is 35.5 Å². The number of rotatable bonds is 12. The van der Waals surface area contributed by atoms with E-state index in [0.29, 0.717) is 23.2 Å². The van der Waals surface area contributed by atoms with Gasteiger partial charge in [0.1, 0.15) is 6.04 Å². The van der Waals surface area contributed by atoms with Crippen LogP contribution in [0.15, 0.2) is 116 Å². The summed E-state index contributed by atoms with van der Waals surface area (Å²) in [7, 11) is 0. The number of hydrogen-bond acceptors (Lipinski definition) is 4. The molecule has 3 unspecified atom stereocenters. The van der Waals surface area contributed by atoms with Gasteiger partial charge in [-0.1, -0.05) is 92.4 Å². The minimum absolute atomic E-state index is 0.130. The molecule has 2 aliphatic rings. The predicted octanol–water partition coefficient (Wildman–Crippen LogP) is 8.42. The van der Waals surface area contributed by atoms with Gasteiger partial charge in [-0.25, -0.2) is 0 Å². The van der Waals surface area contributed by atoms with Gasteiger partial charge in [0.05, 0.1) is 41.9 Å². The van der Waals surface area contributed by atoms with Crippen LogP contribution >= 0.6 is 0 Å². The summed E-state index contributed by atoms with van der Waals surface area (Å²) in [5.41, 5.74) is 9.42. The molecule has 270 valence electrons. The van der Waals surface area contributed by atoms with Gasteiger partial charge in [-0.3, -0.25) is 14.4 Å². The van der Waals surface area contributed by atoms with E-state index in [4.69, 9.17) is 5.73 Å². The fourth-order valence-electron chi connectivity index (χ4n) is 7.59. The van der Waals surface area contributed by atoms with Crippen molar-refractivity contribution in [3.63, 3.8) is 0 Å². The lowest BCUT2D eigenvalue weighted by atomic mass is 9.80. The zero-order chi connectivity index (χ0) is 36.8. The third kappa shape index (κ3) is 8.22. The summed E-state index contributed by atoms with van der Waals surface area (Å²) in [6, 6.07) is 28.5. The molecule has 0 aromatic heterocycles. The molecule has 3 atom stereocenters. The van der Waals surface area contributed by atoms with Gasteiger partial charge in [-0.05, 0) is 77.9 Å². The summed E-state index contributed by atoms with van der Waals surface area (Å²) in [6.07, 6.45) is 2.01. The molecule has 7 nitrogen and oxygen atoms in total. The lowest BCUT2D eigenvalue weighted by Crippen LogP contribution is -2.54. The van der Waals surface area contributed by atoms with Gasteiger partial charge in [-0.15, -0.1) is 6.58 Å². The molecule has 3 amide bonds. The van der Waals surface area contributed by atoms with E-state index in [1.807, 2.05) is 83.8 Å². The number of nitrogens with zero attached hydrogens (tertiary/aromatic N) is 2. The van der Waals surface area contributed by atoms with E-state index in [2.05, 4.69) is 11.9 Å². The number of primary amides is 1. The third-order valence-corrected chi connectivity index (χ3v) is 10.3. The second kappa shape index (κ2) is 15.9. The van der Waals surface area contributed by atoms with Crippen LogP contribution in [0.2, 0.25) is 0 Å². The summed E-state index contributed by atoms with van der Waals surface area (Å²) in [6.45, 7) is 4.06. The minimum atomic E-state index is -4.44. The highest BCUT2D eigenvalue weighted by atomic mass is 19.4. The van der Waals surface area contributed by atoms with Crippen molar-refractivity contribution in [3.05, 3.63) is 127 Å². The highest BCUT2D eigenvalue weighted by molar-refractivity contribution is 6.04. The number of benzene rings is 4. The van der Waals surface area contributed by atoms with Crippen LogP contribution in [0.1, 0.15) is 49.7 Å². The topological polar surface area (TPSA) is 95.7 Å². The van der Waals surface area contributed by atoms with Crippen molar-refractivity contribution in [2.45, 2.75) is 57.3 Å². The number of nitrogens with two attached hydrogens (primary N) is 1. The van der Waals surface area contributed by atoms with Crippen LogP contribution in [-0.2, 0) is 27.1 Å². The van der Waals surface area contributed by atoms with E-state index in [-0.39, 0.29) is 37.2 Å². The van der Waals surface area contributed by atoms with Crippen molar-refractivity contribution in [1.29, 1.82) is 0 Å². The van der Waals surface area contributed by atoms with Crippen LogP contribution in [0.25, 0.3) is 11.1 Å². The maximum absolute atomic E-state index is 14.8. The molecule has 0 spiro atoms. The first kappa shape index (κ1) is 36.4. The Kier molecular flexibility index (Phi) is 11.1. The van der Waals surface area contributed by atoms with Gasteiger partial charge in [0.25, 0.3) is 5.91 Å². The monoisotopic (exact) mass is 708 g/mol. The number of alkyl halides is 3. The molecular weight excluding hydrogens is 665 g/mol. The number of para-hydroxylation sites is 3. The Morgan fingerprint density at radius 2 is 1.54 bits per heavy atom. The SMILES string of the molecule is C=CCC(C(N)=O)C(CC1CCCC1)C(=O)NC1CN(c2ccccc2)c2ccccc2N(Cc2cccc(-c3ccc(C(F)(F)F)cc3)c2)C1=O. The first-order valence-electron chi connectivity index (χ1n) is 17.7. The van der Waals surface area contributed by atoms with Gasteiger partial charge in [-0.2, -0.15) is 13.2 Å². The molecule has 1 saturated carbocycles. The first-order valence-corrected chi connectivity index (χ1v) is 17.7. The molecule has 0 bridgehead atoms. The van der Waals surface area contributed by atoms with Crippen LogP contribution in [0.3, 0.4) is 0 Å². The van der Waals surface area contributed by atoms with Crippen LogP contribution in [0, 0.1) is 17.8 Å². The second-order valence-corrected chi connectivity index (χ2v) is 13.7. The van der Waals surface area contributed by atoms with E-state index >= 15 is 0 Å². The Balaban J connectivity index is 1.36. The smallest absolute Gasteiger partial charge is 0.369 e. The van der Waals surface area contributed by atoms with Gasteiger partial charge >= 0.3 is 6.18 Å². The number of carbonyl (C=O) groups is 3. The summed E-state index contributed by atoms with van der Waals surface area (Å²) >= 11 is 0. The molecule has 4 aromatic rings. The Morgan fingerprint density at radius 3 is 2.19 bits per heavy atom. The summed E-state index contributed by atoms with van der Waals surface area (Å²) in [5.74, 6) is -2.50. The number of nitrogens with one attached hydrogen (secondary N) is 1. The van der Waals surface area contributed by atoms with Crippen molar-refractivity contribution in [2.75, 3.05) is 16.3 Å². The number of anilines is 3. The molecule has 6 rings (SSSR count). The highest BCUT2D eigenvalue weighted by Crippen LogP contribution is 2.39. The van der Waals surface area contributed by atoms with Crippen molar-refractivity contribution in [2.24, 2.45) is 23.5 Å². The molecule has 1 heterocycles. The number of halogens is 3. The zero-order valence-corrected chi connectivity index (χ0v) is 28.9. The van der Waals surface area contributed by atoms with Gasteiger partial charge in [0.2, 0.25) is 11.8 Å². The summed E-state index contributed by atoms with van der Waals surface area (Å²) in [4.78, 5) is 45.5. The van der Waals surface area contributed by atoms with Crippen LogP contribution < -0.4 is 20.9 Å². The highest BCUT2D eigenvalue weighted by Gasteiger charge is 2.40. The fourth-order valence-corrected chi connectivity index (χ4v) is 7.59. The van der Waals surface area contributed by atoms with Crippen molar-refractivity contribution in [3.8, 4) is 11.1 Å². The number of fused-ring (bicyclic) bond motifs is 1. The van der Waals surface area contributed by atoms with Crippen LogP contribution in [-0.4, -0.2) is 30.3 Å². The lowest BCUT2D eigenvalue weighted by Gasteiger charge is -2.30. The molecular formula is C42H43F3N4O3. The molecule has 0 radical (unpaired) electrons. The van der Waals surface area contributed by atoms with Crippen molar-refractivity contribution in [1.82, 2.24) is 5.32 Å². The molecule has 3 N–H and O–H groups in total. The summed E-state index contributed by atoms with van der Waals surface area (Å²) < 4.78 is 39.7. The van der Waals surface area contributed by atoms with Crippen molar-refractivity contribution >= 4 is 34.8 Å². The Hall–Kier alpha value is -5.38. The Bertz CT molecular complexity index is 1890. The third-order valence-electron chi connectivity index (χ3n) is 10.3.